The van der Waals surface area contributed by atoms with Gasteiger partial charge in [-0.2, -0.15) is 19.3 Å². The molecular weight excluding hydrogens is 947 g/mol. The number of amides is 3. The first-order chi connectivity index (χ1) is 29.7. The Bertz CT molecular complexity index is 2620. The van der Waals surface area contributed by atoms with E-state index in [4.69, 9.17) is 31.0 Å². The van der Waals surface area contributed by atoms with Crippen molar-refractivity contribution < 1.29 is 66.0 Å². The topological polar surface area (TPSA) is 330 Å². The van der Waals surface area contributed by atoms with Gasteiger partial charge in [-0.1, -0.05) is 19.8 Å². The third-order valence-corrected chi connectivity index (χ3v) is 11.3. The monoisotopic (exact) mass is 990 g/mol. The van der Waals surface area contributed by atoms with Crippen molar-refractivity contribution in [2.24, 2.45) is 10.4 Å². The molecule has 2 aliphatic heterocycles. The smallest absolute Gasteiger partial charge is 0.347 e. The highest BCUT2D eigenvalue weighted by molar-refractivity contribution is 7.94. The number of terminal acetylenes is 1. The number of aliphatic carboxylic acids is 1. The molecule has 0 radical (unpaired) electrons. The summed E-state index contributed by atoms with van der Waals surface area (Å²) in [5.41, 5.74) is 0.678. The normalized spacial score (nSPS) is 14.6. The number of nitrogens with one attached hydrogen (secondary N) is 3. The van der Waals surface area contributed by atoms with E-state index in [0.29, 0.717) is 27.1 Å². The number of benzene rings is 1. The van der Waals surface area contributed by atoms with Crippen LogP contribution in [0.5, 0.6) is 11.8 Å². The van der Waals surface area contributed by atoms with Gasteiger partial charge in [-0.15, -0.1) is 17.8 Å². The molecule has 6 N–H and O–H groups in total. The van der Waals surface area contributed by atoms with Crippen LogP contribution in [0.25, 0.3) is 0 Å². The van der Waals surface area contributed by atoms with Crippen molar-refractivity contribution in [3.8, 4) is 24.1 Å². The lowest BCUT2D eigenvalue weighted by molar-refractivity contribution is -0.193. The van der Waals surface area contributed by atoms with Crippen LogP contribution >= 0.6 is 30.5 Å². The number of aromatic carboxylic acids is 1. The van der Waals surface area contributed by atoms with Gasteiger partial charge in [-0.05, 0) is 40.7 Å². The number of rotatable bonds is 11. The summed E-state index contributed by atoms with van der Waals surface area (Å²) in [4.78, 5) is 79.6. The van der Waals surface area contributed by atoms with E-state index in [1.165, 1.54) is 48.0 Å². The minimum Gasteiger partial charge on any atom is -0.778 e. The van der Waals surface area contributed by atoms with Gasteiger partial charge in [0, 0.05) is 30.6 Å². The molecule has 1 atom stereocenters. The van der Waals surface area contributed by atoms with Gasteiger partial charge < -0.3 is 38.6 Å². The first kappa shape index (κ1) is 52.8. The van der Waals surface area contributed by atoms with Gasteiger partial charge in [-0.3, -0.25) is 25.1 Å². The molecule has 6 rings (SSSR count). The number of nitrogens with zero attached hydrogens (tertiary/aromatic N) is 7. The van der Waals surface area contributed by atoms with Gasteiger partial charge in [0.2, 0.25) is 10.7 Å². The Balaban J connectivity index is 0.000000265. The second-order valence-corrected chi connectivity index (χ2v) is 21.5. The van der Waals surface area contributed by atoms with E-state index in [2.05, 4.69) is 68.2 Å². The number of hydrogen-bond acceptors (Lipinski definition) is 18. The Hall–Kier alpha value is -5.53. The number of carbonyl (C=O) groups is 4. The summed E-state index contributed by atoms with van der Waals surface area (Å²) >= 11 is 1.96. The number of sulfonamides is 1. The first-order valence-electron chi connectivity index (χ1n) is 17.9. The lowest BCUT2D eigenvalue weighted by atomic mass is 9.92. The van der Waals surface area contributed by atoms with Gasteiger partial charge in [-0.25, -0.2) is 32.1 Å². The standard InChI is InChI=1S/C18H17FN4O2S.C11H11N5O6S2.C3H8NO5P.C3H9S/c1-4-5-22-13-7-12(11(19)6-14(13)25-9-16(22)24)20-17-23-10-18(2,3)8-15(23)21-26-17;1-5-12-9(15-11(13-5)22-2)14-10(19)16-24(20,21)6-3-4-23-7(6)8(17)18;5-3(6)1-4-2-10(7,8)9;1-4(2)3/h1,6-7H,5,8-10H2,2-3H3;3-4H,1-2H3,(H,17,18)(H2,12,13,14,15,16,19);4H,1-2H2,(H,5,6)(H2,7,8,9);1-3H3/q;;;+1/p-1/b20-17-;;;. The molecule has 1 aromatic carbocycles. The molecule has 3 amide bonds. The molecule has 348 valence electrons. The number of fused-ring (bicyclic) bond motifs is 2. The fourth-order valence-corrected chi connectivity index (χ4v) is 8.44. The van der Waals surface area contributed by atoms with Crippen LogP contribution in [0.2, 0.25) is 0 Å². The minimum absolute atomic E-state index is 0.0633. The van der Waals surface area contributed by atoms with Gasteiger partial charge in [0.25, 0.3) is 15.9 Å². The van der Waals surface area contributed by atoms with Crippen molar-refractivity contribution in [1.82, 2.24) is 33.9 Å². The quantitative estimate of drug-likeness (QED) is 0.0702. The van der Waals surface area contributed by atoms with Crippen LogP contribution in [0.1, 0.15) is 35.2 Å². The predicted molar refractivity (Wildman–Crippen MR) is 233 cm³/mol. The van der Waals surface area contributed by atoms with Crippen molar-refractivity contribution in [2.75, 3.05) is 62.1 Å². The number of hydrogen-bond donors (Lipinski definition) is 6. The third kappa shape index (κ3) is 16.2. The molecule has 0 bridgehead atoms. The van der Waals surface area contributed by atoms with Gasteiger partial charge in [0.1, 0.15) is 40.5 Å². The molecule has 0 aliphatic carbocycles. The molecule has 0 saturated carbocycles. The Morgan fingerprint density at radius 2 is 1.88 bits per heavy atom. The number of carbonyl (C=O) groups excluding carboxylic acids is 2. The van der Waals surface area contributed by atoms with Crippen LogP contribution in [0.3, 0.4) is 0 Å². The number of halogens is 1. The van der Waals surface area contributed by atoms with Gasteiger partial charge in [0.15, 0.2) is 12.4 Å². The van der Waals surface area contributed by atoms with Gasteiger partial charge in [0.05, 0.1) is 50.9 Å². The number of thiophene rings is 1. The molecule has 64 heavy (non-hydrogen) atoms. The summed E-state index contributed by atoms with van der Waals surface area (Å²) in [5, 5.41) is 22.3. The minimum atomic E-state index is -4.37. The number of carboxylic acid groups (broad SMARTS) is 2. The molecule has 1 unspecified atom stereocenters. The average molecular weight is 991 g/mol. The molecule has 3 aromatic heterocycles. The molecule has 0 saturated heterocycles. The lowest BCUT2D eigenvalue weighted by Gasteiger charge is -2.28. The highest BCUT2D eigenvalue weighted by atomic mass is 32.2. The maximum Gasteiger partial charge on any atom is 0.347 e. The fraction of sp³-hybridized carbons (Fsp3) is 0.400. The molecule has 29 heteroatoms. The highest BCUT2D eigenvalue weighted by Crippen LogP contribution is 2.37. The van der Waals surface area contributed by atoms with E-state index in [1.807, 2.05) is 9.88 Å². The maximum absolute atomic E-state index is 14.5. The second kappa shape index (κ2) is 22.9. The van der Waals surface area contributed by atoms with Crippen molar-refractivity contribution >= 4 is 92.6 Å². The van der Waals surface area contributed by atoms with Crippen molar-refractivity contribution in [3.05, 3.63) is 50.7 Å². The van der Waals surface area contributed by atoms with Crippen LogP contribution in [0.15, 0.2) is 33.5 Å². The predicted octanol–water partition coefficient (Wildman–Crippen LogP) is 1.37. The number of ether oxygens (including phenoxy) is 2. The number of methoxy groups -OCH3 is 1. The SMILES string of the molecule is C#CCN1C(=O)COc2cc(F)c(/N=c3\snc4n3CC(C)(C)C4)cc21.COc1nc(C)nc(NC(=O)NS(=O)(=O)c2ccsc2C(=O)O)n1.C[S+](C)C.O=C(O)CNCP(=O)([O-])O. The zero-order valence-electron chi connectivity index (χ0n) is 35.1. The van der Waals surface area contributed by atoms with E-state index in [0.717, 1.165) is 36.2 Å². The van der Waals surface area contributed by atoms with Crippen molar-refractivity contribution in [1.29, 1.82) is 0 Å². The van der Waals surface area contributed by atoms with Crippen molar-refractivity contribution in [2.45, 2.75) is 38.6 Å². The summed E-state index contributed by atoms with van der Waals surface area (Å²) in [7, 11) is -6.77. The van der Waals surface area contributed by atoms with Gasteiger partial charge >= 0.3 is 24.0 Å². The van der Waals surface area contributed by atoms with Crippen molar-refractivity contribution in [3.63, 3.8) is 0 Å². The highest BCUT2D eigenvalue weighted by Gasteiger charge is 2.31. The van der Waals surface area contributed by atoms with E-state index in [9.17, 15) is 41.4 Å². The first-order valence-corrected chi connectivity index (χ1v) is 25.3. The summed E-state index contributed by atoms with van der Waals surface area (Å²) in [6.45, 7) is 6.10. The number of urea groups is 1. The molecule has 0 fully saturated rings. The number of aryl methyl sites for hydroxylation is 1. The van der Waals surface area contributed by atoms with Crippen LogP contribution in [0, 0.1) is 30.5 Å². The molecule has 2 aliphatic rings. The zero-order chi connectivity index (χ0) is 48.2. The van der Waals surface area contributed by atoms with E-state index in [1.54, 1.807) is 4.72 Å². The second-order valence-electron chi connectivity index (χ2n) is 14.2. The largest absolute Gasteiger partial charge is 0.778 e. The Morgan fingerprint density at radius 1 is 1.20 bits per heavy atom. The maximum atomic E-state index is 14.5. The Morgan fingerprint density at radius 3 is 2.47 bits per heavy atom. The molecule has 0 spiro atoms. The lowest BCUT2D eigenvalue weighted by Crippen LogP contribution is -2.39. The summed E-state index contributed by atoms with van der Waals surface area (Å²) in [6.07, 6.45) is 12.1. The summed E-state index contributed by atoms with van der Waals surface area (Å²) < 4.78 is 67.0. The Labute approximate surface area is 376 Å². The van der Waals surface area contributed by atoms with Crippen LogP contribution in [-0.4, -0.2) is 123 Å². The van der Waals surface area contributed by atoms with Crippen LogP contribution < -0.4 is 39.4 Å². The third-order valence-electron chi connectivity index (χ3n) is 7.50. The van der Waals surface area contributed by atoms with E-state index >= 15 is 0 Å². The zero-order valence-corrected chi connectivity index (χ0v) is 39.3. The number of aromatic nitrogens is 5. The number of carboxylic acids is 2. The molecule has 4 aromatic rings. The summed E-state index contributed by atoms with van der Waals surface area (Å²) in [5.74, 6) is 0.352. The molecule has 23 nitrogen and oxygen atoms in total. The molecular formula is C35H44FN10O13PS4. The summed E-state index contributed by atoms with van der Waals surface area (Å²) in [6, 6.07) is 2.61. The van der Waals surface area contributed by atoms with E-state index < -0.39 is 64.0 Å². The van der Waals surface area contributed by atoms with Crippen LogP contribution in [0.4, 0.5) is 26.5 Å². The fourth-order valence-electron chi connectivity index (χ4n) is 5.12. The van der Waals surface area contributed by atoms with Crippen LogP contribution in [-0.2, 0) is 48.0 Å². The van der Waals surface area contributed by atoms with E-state index in [-0.39, 0.29) is 47.9 Å². The number of anilines is 2. The Kier molecular flexibility index (Phi) is 18.9. The molecule has 5 heterocycles. The average Bonchev–Trinajstić information content (AvgIpc) is 3.88.